The third-order valence-corrected chi connectivity index (χ3v) is 4.26. The van der Waals surface area contributed by atoms with E-state index in [1.54, 1.807) is 26.0 Å². The lowest BCUT2D eigenvalue weighted by atomic mass is 10.2. The maximum absolute atomic E-state index is 12.1. The summed E-state index contributed by atoms with van der Waals surface area (Å²) in [5.74, 6) is -0.324. The van der Waals surface area contributed by atoms with Crippen molar-refractivity contribution >= 4 is 21.7 Å². The van der Waals surface area contributed by atoms with Crippen molar-refractivity contribution in [3.63, 3.8) is 0 Å². The molecule has 0 fully saturated rings. The van der Waals surface area contributed by atoms with Crippen LogP contribution in [0.4, 0.5) is 5.69 Å². The first-order valence-electron chi connectivity index (χ1n) is 6.38. The second-order valence-electron chi connectivity index (χ2n) is 4.33. The van der Waals surface area contributed by atoms with Gasteiger partial charge in [0.1, 0.15) is 0 Å². The fourth-order valence-corrected chi connectivity index (χ4v) is 3.02. The minimum Gasteiger partial charge on any atom is -0.466 e. The number of benzene rings is 1. The van der Waals surface area contributed by atoms with Gasteiger partial charge in [-0.2, -0.15) is 0 Å². The average molecular weight is 300 g/mol. The summed E-state index contributed by atoms with van der Waals surface area (Å²) in [6.45, 7) is 3.92. The summed E-state index contributed by atoms with van der Waals surface area (Å²) >= 11 is 0. The van der Waals surface area contributed by atoms with Crippen LogP contribution in [0.2, 0.25) is 0 Å². The lowest BCUT2D eigenvalue weighted by Crippen LogP contribution is -2.26. The van der Waals surface area contributed by atoms with Gasteiger partial charge < -0.3 is 10.5 Å². The molecule has 1 aromatic carbocycles. The molecule has 0 atom stereocenters. The fraction of sp³-hybridized carbons (Fsp3) is 0.462. The lowest BCUT2D eigenvalue weighted by Gasteiger charge is -2.09. The van der Waals surface area contributed by atoms with Crippen molar-refractivity contribution in [1.29, 1.82) is 0 Å². The van der Waals surface area contributed by atoms with Gasteiger partial charge in [0.05, 0.1) is 11.5 Å². The highest BCUT2D eigenvalue weighted by atomic mass is 32.2. The number of anilines is 1. The number of nitrogens with two attached hydrogens (primary N) is 1. The van der Waals surface area contributed by atoms with E-state index in [2.05, 4.69) is 4.72 Å². The molecular formula is C13H20N2O4S. The normalized spacial score (nSPS) is 11.3. The van der Waals surface area contributed by atoms with Crippen molar-refractivity contribution in [3.05, 3.63) is 23.8 Å². The van der Waals surface area contributed by atoms with Crippen LogP contribution >= 0.6 is 0 Å². The predicted molar refractivity (Wildman–Crippen MR) is 76.6 cm³/mol. The Morgan fingerprint density at radius 2 is 2.10 bits per heavy atom. The third-order valence-electron chi connectivity index (χ3n) is 2.64. The van der Waals surface area contributed by atoms with Gasteiger partial charge in [-0.15, -0.1) is 0 Å². The van der Waals surface area contributed by atoms with Crippen LogP contribution in [-0.4, -0.2) is 27.5 Å². The van der Waals surface area contributed by atoms with E-state index >= 15 is 0 Å². The van der Waals surface area contributed by atoms with E-state index in [-0.39, 0.29) is 23.8 Å². The van der Waals surface area contributed by atoms with E-state index in [0.717, 1.165) is 0 Å². The number of esters is 1. The Labute approximate surface area is 119 Å². The van der Waals surface area contributed by atoms with E-state index < -0.39 is 10.0 Å². The van der Waals surface area contributed by atoms with Gasteiger partial charge in [-0.05, 0) is 44.0 Å². The minimum atomic E-state index is -3.58. The van der Waals surface area contributed by atoms with Crippen LogP contribution in [0, 0.1) is 6.92 Å². The first-order chi connectivity index (χ1) is 9.36. The second-order valence-corrected chi connectivity index (χ2v) is 6.07. The Hall–Kier alpha value is -1.60. The SMILES string of the molecule is CCOC(=O)CCCNS(=O)(=O)c1ccc(N)cc1C. The number of rotatable bonds is 7. The number of ether oxygens (including phenoxy) is 1. The standard InChI is InChI=1S/C13H20N2O4S/c1-3-19-13(16)5-4-8-15-20(17,18)12-7-6-11(14)9-10(12)2/h6-7,9,15H,3-5,8,14H2,1-2H3. The van der Waals surface area contributed by atoms with E-state index in [1.165, 1.54) is 6.07 Å². The fourth-order valence-electron chi connectivity index (χ4n) is 1.72. The summed E-state index contributed by atoms with van der Waals surface area (Å²) in [7, 11) is -3.58. The van der Waals surface area contributed by atoms with Crippen LogP contribution in [0.1, 0.15) is 25.3 Å². The average Bonchev–Trinajstić information content (AvgIpc) is 2.34. The monoisotopic (exact) mass is 300 g/mol. The van der Waals surface area contributed by atoms with Crippen LogP contribution in [0.25, 0.3) is 0 Å². The number of hydrogen-bond acceptors (Lipinski definition) is 5. The van der Waals surface area contributed by atoms with Gasteiger partial charge in [-0.25, -0.2) is 13.1 Å². The van der Waals surface area contributed by atoms with E-state index in [0.29, 0.717) is 24.3 Å². The molecule has 0 bridgehead atoms. The molecule has 112 valence electrons. The Bertz CT molecular complexity index is 570. The summed E-state index contributed by atoms with van der Waals surface area (Å²) in [6, 6.07) is 4.62. The summed E-state index contributed by atoms with van der Waals surface area (Å²) in [5.41, 5.74) is 6.69. The molecule has 3 N–H and O–H groups in total. The van der Waals surface area contributed by atoms with Gasteiger partial charge in [0.15, 0.2) is 0 Å². The molecule has 0 aromatic heterocycles. The molecule has 0 unspecified atom stereocenters. The summed E-state index contributed by atoms with van der Waals surface area (Å²) < 4.78 is 31.4. The van der Waals surface area contributed by atoms with Crippen molar-refractivity contribution in [2.75, 3.05) is 18.9 Å². The number of sulfonamides is 1. The molecular weight excluding hydrogens is 280 g/mol. The van der Waals surface area contributed by atoms with Gasteiger partial charge in [-0.3, -0.25) is 4.79 Å². The molecule has 0 saturated heterocycles. The maximum Gasteiger partial charge on any atom is 0.305 e. The van der Waals surface area contributed by atoms with Crippen LogP contribution in [0.3, 0.4) is 0 Å². The quantitative estimate of drug-likeness (QED) is 0.448. The zero-order valence-corrected chi connectivity index (χ0v) is 12.5. The van der Waals surface area contributed by atoms with Crippen molar-refractivity contribution in [2.45, 2.75) is 31.6 Å². The third kappa shape index (κ3) is 4.82. The van der Waals surface area contributed by atoms with Crippen molar-refractivity contribution in [3.8, 4) is 0 Å². The lowest BCUT2D eigenvalue weighted by molar-refractivity contribution is -0.143. The summed E-state index contributed by atoms with van der Waals surface area (Å²) in [5, 5.41) is 0. The maximum atomic E-state index is 12.1. The van der Waals surface area contributed by atoms with E-state index in [9.17, 15) is 13.2 Å². The first kappa shape index (κ1) is 16.5. The van der Waals surface area contributed by atoms with Crippen molar-refractivity contribution in [1.82, 2.24) is 4.72 Å². The van der Waals surface area contributed by atoms with Crippen LogP contribution in [0.15, 0.2) is 23.1 Å². The van der Waals surface area contributed by atoms with Crippen LogP contribution < -0.4 is 10.5 Å². The van der Waals surface area contributed by atoms with Gasteiger partial charge in [-0.1, -0.05) is 0 Å². The highest BCUT2D eigenvalue weighted by Crippen LogP contribution is 2.17. The molecule has 0 spiro atoms. The molecule has 0 aliphatic heterocycles. The van der Waals surface area contributed by atoms with Gasteiger partial charge in [0, 0.05) is 18.7 Å². The zero-order chi connectivity index (χ0) is 15.2. The van der Waals surface area contributed by atoms with E-state index in [4.69, 9.17) is 10.5 Å². The molecule has 1 aromatic rings. The highest BCUT2D eigenvalue weighted by molar-refractivity contribution is 7.89. The second kappa shape index (κ2) is 7.25. The number of nitrogen functional groups attached to an aromatic ring is 1. The number of carbonyl (C=O) groups is 1. The Balaban J connectivity index is 2.56. The Kier molecular flexibility index (Phi) is 5.97. The smallest absolute Gasteiger partial charge is 0.305 e. The molecule has 0 aliphatic rings. The zero-order valence-electron chi connectivity index (χ0n) is 11.7. The molecule has 0 radical (unpaired) electrons. The summed E-state index contributed by atoms with van der Waals surface area (Å²) in [4.78, 5) is 11.3. The van der Waals surface area contributed by atoms with Crippen LogP contribution in [0.5, 0.6) is 0 Å². The first-order valence-corrected chi connectivity index (χ1v) is 7.86. The molecule has 7 heteroatoms. The topological polar surface area (TPSA) is 98.5 Å². The molecule has 0 amide bonds. The van der Waals surface area contributed by atoms with Gasteiger partial charge in [0.25, 0.3) is 0 Å². The van der Waals surface area contributed by atoms with Crippen molar-refractivity contribution < 1.29 is 17.9 Å². The molecule has 0 aliphatic carbocycles. The predicted octanol–water partition coefficient (Wildman–Crippen LogP) is 1.20. The van der Waals surface area contributed by atoms with Gasteiger partial charge >= 0.3 is 5.97 Å². The molecule has 20 heavy (non-hydrogen) atoms. The molecule has 0 heterocycles. The van der Waals surface area contributed by atoms with E-state index in [1.807, 2.05) is 0 Å². The summed E-state index contributed by atoms with van der Waals surface area (Å²) in [6.07, 6.45) is 0.586. The Morgan fingerprint density at radius 3 is 2.70 bits per heavy atom. The Morgan fingerprint density at radius 1 is 1.40 bits per heavy atom. The molecule has 6 nitrogen and oxygen atoms in total. The number of nitrogens with one attached hydrogen (secondary N) is 1. The minimum absolute atomic E-state index is 0.185. The van der Waals surface area contributed by atoms with Gasteiger partial charge in [0.2, 0.25) is 10.0 Å². The van der Waals surface area contributed by atoms with Crippen LogP contribution in [-0.2, 0) is 19.6 Å². The number of carbonyl (C=O) groups excluding carboxylic acids is 1. The molecule has 0 saturated carbocycles. The largest absolute Gasteiger partial charge is 0.466 e. The molecule has 1 rings (SSSR count). The highest BCUT2D eigenvalue weighted by Gasteiger charge is 2.16. The van der Waals surface area contributed by atoms with Crippen molar-refractivity contribution in [2.24, 2.45) is 0 Å². The number of aryl methyl sites for hydroxylation is 1. The number of hydrogen-bond donors (Lipinski definition) is 2.